The first-order chi connectivity index (χ1) is 8.61. The number of hydrogen-bond donors (Lipinski definition) is 1. The molecule has 0 saturated heterocycles. The van der Waals surface area contributed by atoms with Gasteiger partial charge in [-0.15, -0.1) is 21.5 Å². The Morgan fingerprint density at radius 3 is 2.89 bits per heavy atom. The third-order valence-electron chi connectivity index (χ3n) is 2.21. The highest BCUT2D eigenvalue weighted by molar-refractivity contribution is 7.99. The highest BCUT2D eigenvalue weighted by Gasteiger charge is 2.15. The molecule has 0 unspecified atom stereocenters. The second kappa shape index (κ2) is 5.49. The van der Waals surface area contributed by atoms with Gasteiger partial charge in [-0.3, -0.25) is 4.79 Å². The summed E-state index contributed by atoms with van der Waals surface area (Å²) in [5, 5.41) is 20.3. The molecule has 2 heterocycles. The molecule has 96 valence electrons. The van der Waals surface area contributed by atoms with Crippen molar-refractivity contribution in [2.24, 2.45) is 0 Å². The van der Waals surface area contributed by atoms with E-state index in [0.717, 1.165) is 10.7 Å². The lowest BCUT2D eigenvalue weighted by Gasteiger charge is -2.04. The van der Waals surface area contributed by atoms with E-state index in [2.05, 4.69) is 15.2 Å². The second-order valence-electron chi connectivity index (χ2n) is 3.48. The first kappa shape index (κ1) is 13.0. The van der Waals surface area contributed by atoms with Gasteiger partial charge in [-0.25, -0.2) is 4.98 Å². The first-order valence-electron chi connectivity index (χ1n) is 5.32. The van der Waals surface area contributed by atoms with E-state index in [1.54, 1.807) is 11.3 Å². The average molecular weight is 284 g/mol. The topological polar surface area (TPSA) is 80.9 Å². The summed E-state index contributed by atoms with van der Waals surface area (Å²) in [7, 11) is 0. The monoisotopic (exact) mass is 284 g/mol. The van der Waals surface area contributed by atoms with Gasteiger partial charge in [-0.2, -0.15) is 0 Å². The molecular formula is C10H12N4O2S2. The predicted octanol–water partition coefficient (Wildman–Crippen LogP) is 1.91. The van der Waals surface area contributed by atoms with E-state index in [0.29, 0.717) is 17.5 Å². The van der Waals surface area contributed by atoms with Gasteiger partial charge in [0.1, 0.15) is 5.69 Å². The zero-order valence-electron chi connectivity index (χ0n) is 9.95. The van der Waals surface area contributed by atoms with E-state index >= 15 is 0 Å². The van der Waals surface area contributed by atoms with Crippen LogP contribution in [0, 0.1) is 6.92 Å². The lowest BCUT2D eigenvalue weighted by molar-refractivity contribution is -0.133. The number of carboxylic acid groups (broad SMARTS) is 1. The van der Waals surface area contributed by atoms with Crippen LogP contribution in [0.1, 0.15) is 11.9 Å². The maximum absolute atomic E-state index is 10.6. The van der Waals surface area contributed by atoms with Crippen molar-refractivity contribution in [3.05, 3.63) is 10.4 Å². The van der Waals surface area contributed by atoms with Crippen molar-refractivity contribution in [1.82, 2.24) is 19.7 Å². The molecule has 0 aliphatic heterocycles. The summed E-state index contributed by atoms with van der Waals surface area (Å²) in [6.07, 6.45) is 0. The zero-order chi connectivity index (χ0) is 13.1. The molecule has 2 aromatic heterocycles. The largest absolute Gasteiger partial charge is 0.481 e. The van der Waals surface area contributed by atoms with Crippen LogP contribution in [0.4, 0.5) is 0 Å². The van der Waals surface area contributed by atoms with E-state index in [1.165, 1.54) is 11.8 Å². The van der Waals surface area contributed by atoms with Crippen LogP contribution in [0.2, 0.25) is 0 Å². The van der Waals surface area contributed by atoms with E-state index in [4.69, 9.17) is 5.11 Å². The number of thioether (sulfide) groups is 1. The molecule has 0 atom stereocenters. The van der Waals surface area contributed by atoms with Gasteiger partial charge in [0.15, 0.2) is 11.0 Å². The standard InChI is InChI=1S/C10H12N4O2S2/c1-3-14-9(7-4-17-6(2)11-7)12-13-10(14)18-5-8(15)16/h4H,3,5H2,1-2H3,(H,15,16). The van der Waals surface area contributed by atoms with Crippen molar-refractivity contribution < 1.29 is 9.90 Å². The fourth-order valence-corrected chi connectivity index (χ4v) is 2.78. The quantitative estimate of drug-likeness (QED) is 0.845. The van der Waals surface area contributed by atoms with Gasteiger partial charge < -0.3 is 9.67 Å². The third kappa shape index (κ3) is 2.70. The number of aromatic nitrogens is 4. The van der Waals surface area contributed by atoms with Crippen molar-refractivity contribution in [2.75, 3.05) is 5.75 Å². The molecule has 0 aliphatic rings. The van der Waals surface area contributed by atoms with E-state index < -0.39 is 5.97 Å². The molecular weight excluding hydrogens is 272 g/mol. The molecule has 2 rings (SSSR count). The maximum atomic E-state index is 10.6. The number of thiazole rings is 1. The van der Waals surface area contributed by atoms with Gasteiger partial charge >= 0.3 is 5.97 Å². The molecule has 6 nitrogen and oxygen atoms in total. The Morgan fingerprint density at radius 1 is 1.56 bits per heavy atom. The van der Waals surface area contributed by atoms with E-state index in [-0.39, 0.29) is 5.75 Å². The number of hydrogen-bond acceptors (Lipinski definition) is 6. The minimum Gasteiger partial charge on any atom is -0.481 e. The van der Waals surface area contributed by atoms with Crippen LogP contribution in [-0.4, -0.2) is 36.6 Å². The van der Waals surface area contributed by atoms with Crippen molar-refractivity contribution in [1.29, 1.82) is 0 Å². The molecule has 0 aromatic carbocycles. The van der Waals surface area contributed by atoms with Gasteiger partial charge in [0.05, 0.1) is 10.8 Å². The zero-order valence-corrected chi connectivity index (χ0v) is 11.6. The number of aliphatic carboxylic acids is 1. The average Bonchev–Trinajstić information content (AvgIpc) is 2.91. The summed E-state index contributed by atoms with van der Waals surface area (Å²) < 4.78 is 1.88. The number of nitrogens with zero attached hydrogens (tertiary/aromatic N) is 4. The Kier molecular flexibility index (Phi) is 3.97. The van der Waals surface area contributed by atoms with Gasteiger partial charge in [0.2, 0.25) is 0 Å². The summed E-state index contributed by atoms with van der Waals surface area (Å²) >= 11 is 2.72. The summed E-state index contributed by atoms with van der Waals surface area (Å²) in [6.45, 7) is 4.58. The first-order valence-corrected chi connectivity index (χ1v) is 7.18. The number of carbonyl (C=O) groups is 1. The molecule has 1 N–H and O–H groups in total. The van der Waals surface area contributed by atoms with Crippen molar-refractivity contribution in [3.63, 3.8) is 0 Å². The minimum absolute atomic E-state index is 0.0196. The minimum atomic E-state index is -0.864. The van der Waals surface area contributed by atoms with E-state index in [1.807, 2.05) is 23.8 Å². The lowest BCUT2D eigenvalue weighted by atomic mass is 10.4. The number of carboxylic acids is 1. The molecule has 0 fully saturated rings. The summed E-state index contributed by atoms with van der Waals surface area (Å²) in [4.78, 5) is 14.9. The van der Waals surface area contributed by atoms with Crippen molar-refractivity contribution >= 4 is 29.1 Å². The summed E-state index contributed by atoms with van der Waals surface area (Å²) in [5.41, 5.74) is 0.786. The molecule has 0 amide bonds. The molecule has 0 bridgehead atoms. The summed E-state index contributed by atoms with van der Waals surface area (Å²) in [6, 6.07) is 0. The van der Waals surface area contributed by atoms with Gasteiger partial charge in [-0.05, 0) is 13.8 Å². The van der Waals surface area contributed by atoms with E-state index in [9.17, 15) is 4.79 Å². The lowest BCUT2D eigenvalue weighted by Crippen LogP contribution is -2.03. The highest BCUT2D eigenvalue weighted by Crippen LogP contribution is 2.24. The van der Waals surface area contributed by atoms with Gasteiger partial charge in [0.25, 0.3) is 0 Å². The van der Waals surface area contributed by atoms with Crippen LogP contribution in [-0.2, 0) is 11.3 Å². The van der Waals surface area contributed by atoms with Crippen molar-refractivity contribution in [3.8, 4) is 11.5 Å². The summed E-state index contributed by atoms with van der Waals surface area (Å²) in [5.74, 6) is -0.194. The Morgan fingerprint density at radius 2 is 2.33 bits per heavy atom. The number of aryl methyl sites for hydroxylation is 1. The highest BCUT2D eigenvalue weighted by atomic mass is 32.2. The fourth-order valence-electron chi connectivity index (χ4n) is 1.46. The molecule has 18 heavy (non-hydrogen) atoms. The molecule has 8 heteroatoms. The number of rotatable bonds is 5. The van der Waals surface area contributed by atoms with Crippen LogP contribution in [0.15, 0.2) is 10.5 Å². The Balaban J connectivity index is 2.29. The molecule has 2 aromatic rings. The SMILES string of the molecule is CCn1c(SCC(=O)O)nnc1-c1csc(C)n1. The molecule has 0 aliphatic carbocycles. The van der Waals surface area contributed by atoms with Crippen LogP contribution in [0.3, 0.4) is 0 Å². The van der Waals surface area contributed by atoms with Crippen molar-refractivity contribution in [2.45, 2.75) is 25.5 Å². The van der Waals surface area contributed by atoms with Crippen LogP contribution >= 0.6 is 23.1 Å². The third-order valence-corrected chi connectivity index (χ3v) is 3.93. The van der Waals surface area contributed by atoms with Crippen LogP contribution in [0.25, 0.3) is 11.5 Å². The maximum Gasteiger partial charge on any atom is 0.313 e. The Bertz CT molecular complexity index is 564. The predicted molar refractivity (Wildman–Crippen MR) is 69.9 cm³/mol. The Labute approximate surface area is 112 Å². The Hall–Kier alpha value is -1.41. The van der Waals surface area contributed by atoms with Crippen LogP contribution in [0.5, 0.6) is 0 Å². The second-order valence-corrected chi connectivity index (χ2v) is 5.49. The molecule has 0 radical (unpaired) electrons. The van der Waals surface area contributed by atoms with Gasteiger partial charge in [-0.1, -0.05) is 11.8 Å². The van der Waals surface area contributed by atoms with Crippen LogP contribution < -0.4 is 0 Å². The normalized spacial score (nSPS) is 10.8. The molecule has 0 saturated carbocycles. The smallest absolute Gasteiger partial charge is 0.313 e. The molecule has 0 spiro atoms. The van der Waals surface area contributed by atoms with Gasteiger partial charge in [0, 0.05) is 11.9 Å². The fraction of sp³-hybridized carbons (Fsp3) is 0.400.